The van der Waals surface area contributed by atoms with Crippen LogP contribution in [0.25, 0.3) is 0 Å². The van der Waals surface area contributed by atoms with Crippen LogP contribution in [-0.4, -0.2) is 39.3 Å². The van der Waals surface area contributed by atoms with E-state index in [1.54, 1.807) is 15.9 Å². The predicted molar refractivity (Wildman–Crippen MR) is 77.8 cm³/mol. The molecule has 1 heterocycles. The highest BCUT2D eigenvalue weighted by Crippen LogP contribution is 2.16. The molecule has 1 aliphatic rings. The molecule has 0 aromatic heterocycles. The van der Waals surface area contributed by atoms with Crippen LogP contribution in [0.2, 0.25) is 0 Å². The molecule has 3 nitrogen and oxygen atoms in total. The van der Waals surface area contributed by atoms with Gasteiger partial charge >= 0.3 is 0 Å². The largest absolute Gasteiger partial charge is 0.489 e. The van der Waals surface area contributed by atoms with E-state index in [0.29, 0.717) is 6.61 Å². The zero-order chi connectivity index (χ0) is 13.5. The van der Waals surface area contributed by atoms with Gasteiger partial charge in [-0.15, -0.1) is 0 Å². The lowest BCUT2D eigenvalue weighted by atomic mass is 10.1. The van der Waals surface area contributed by atoms with E-state index >= 15 is 0 Å². The maximum atomic E-state index is 5.73. The summed E-state index contributed by atoms with van der Waals surface area (Å²) in [4.78, 5) is 3.41. The number of para-hydroxylation sites is 1. The average Bonchev–Trinajstić information content (AvgIpc) is 2.47. The second-order valence-electron chi connectivity index (χ2n) is 5.24. The van der Waals surface area contributed by atoms with Crippen molar-refractivity contribution >= 4 is 0 Å². The Hall–Kier alpha value is -1.32. The summed E-state index contributed by atoms with van der Waals surface area (Å²) in [7, 11) is 0. The summed E-state index contributed by atoms with van der Waals surface area (Å²) in [5, 5.41) is 0. The van der Waals surface area contributed by atoms with Gasteiger partial charge in [0.2, 0.25) is 0 Å². The first-order chi connectivity index (χ1) is 9.33. The first-order valence-corrected chi connectivity index (χ1v) is 7.32. The van der Waals surface area contributed by atoms with Gasteiger partial charge in [-0.25, -0.2) is 0 Å². The highest BCUT2D eigenvalue weighted by Gasteiger charge is 2.22. The molecule has 0 spiro atoms. The van der Waals surface area contributed by atoms with Crippen LogP contribution in [-0.2, 0) is 6.54 Å². The fraction of sp³-hybridized carbons (Fsp3) is 0.500. The Morgan fingerprint density at radius 2 is 1.84 bits per heavy atom. The van der Waals surface area contributed by atoms with Gasteiger partial charge in [-0.3, -0.25) is 0 Å². The predicted octanol–water partition coefficient (Wildman–Crippen LogP) is -0.445. The van der Waals surface area contributed by atoms with Crippen molar-refractivity contribution in [1.82, 2.24) is 0 Å². The molecule has 1 aromatic carbocycles. The van der Waals surface area contributed by atoms with Crippen molar-refractivity contribution in [3.05, 3.63) is 42.5 Å². The molecule has 0 saturated carbocycles. The van der Waals surface area contributed by atoms with E-state index in [2.05, 4.69) is 31.7 Å². The molecule has 1 aromatic rings. The van der Waals surface area contributed by atoms with Gasteiger partial charge in [-0.1, -0.05) is 24.8 Å². The number of nitrogens with one attached hydrogen (secondary N) is 2. The molecule has 1 fully saturated rings. The smallest absolute Gasteiger partial charge is 0.128 e. The monoisotopic (exact) mass is 262 g/mol. The Kier molecular flexibility index (Phi) is 5.43. The van der Waals surface area contributed by atoms with Crippen molar-refractivity contribution in [3.63, 3.8) is 0 Å². The summed E-state index contributed by atoms with van der Waals surface area (Å²) in [5.74, 6) is 1.01. The third-order valence-corrected chi connectivity index (χ3v) is 3.93. The van der Waals surface area contributed by atoms with Crippen LogP contribution < -0.4 is 14.5 Å². The van der Waals surface area contributed by atoms with Crippen molar-refractivity contribution in [2.75, 3.05) is 39.3 Å². The van der Waals surface area contributed by atoms with Crippen molar-refractivity contribution in [3.8, 4) is 5.75 Å². The van der Waals surface area contributed by atoms with Crippen molar-refractivity contribution in [2.45, 2.75) is 13.5 Å². The maximum Gasteiger partial charge on any atom is 0.128 e. The summed E-state index contributed by atoms with van der Waals surface area (Å²) in [5.41, 5.74) is 1.32. The third-order valence-electron chi connectivity index (χ3n) is 3.93. The minimum atomic E-state index is 0.583. The number of ether oxygens (including phenoxy) is 1. The SMILES string of the molecule is C=CCOc1ccccc1C[NH+]1CC[NH+](CC)CC1. The lowest BCUT2D eigenvalue weighted by Crippen LogP contribution is -3.27. The van der Waals surface area contributed by atoms with Crippen LogP contribution in [0.15, 0.2) is 36.9 Å². The summed E-state index contributed by atoms with van der Waals surface area (Å²) >= 11 is 0. The number of rotatable bonds is 6. The molecule has 0 amide bonds. The van der Waals surface area contributed by atoms with Gasteiger partial charge in [0.05, 0.1) is 6.54 Å². The number of hydrogen-bond acceptors (Lipinski definition) is 1. The number of likely N-dealkylation sites (N-methyl/N-ethyl adjacent to an activating group) is 1. The molecule has 2 rings (SSSR count). The van der Waals surface area contributed by atoms with Gasteiger partial charge in [0, 0.05) is 5.56 Å². The van der Waals surface area contributed by atoms with Crippen molar-refractivity contribution in [1.29, 1.82) is 0 Å². The molecule has 0 unspecified atom stereocenters. The van der Waals surface area contributed by atoms with Gasteiger partial charge < -0.3 is 14.5 Å². The second-order valence-corrected chi connectivity index (χ2v) is 5.24. The van der Waals surface area contributed by atoms with Gasteiger partial charge in [-0.2, -0.15) is 0 Å². The number of hydrogen-bond donors (Lipinski definition) is 2. The fourth-order valence-electron chi connectivity index (χ4n) is 2.70. The lowest BCUT2D eigenvalue weighted by Gasteiger charge is -2.29. The first kappa shape index (κ1) is 14.1. The van der Waals surface area contributed by atoms with Crippen LogP contribution in [0.5, 0.6) is 5.75 Å². The van der Waals surface area contributed by atoms with Crippen LogP contribution >= 0.6 is 0 Å². The Morgan fingerprint density at radius 1 is 1.16 bits per heavy atom. The van der Waals surface area contributed by atoms with E-state index in [4.69, 9.17) is 4.74 Å². The Bertz CT molecular complexity index is 397. The van der Waals surface area contributed by atoms with Crippen LogP contribution in [0, 0.1) is 0 Å². The average molecular weight is 262 g/mol. The maximum absolute atomic E-state index is 5.73. The number of quaternary nitrogens is 2. The highest BCUT2D eigenvalue weighted by molar-refractivity contribution is 5.32. The lowest BCUT2D eigenvalue weighted by molar-refractivity contribution is -1.02. The normalized spacial score (nSPS) is 23.0. The second kappa shape index (κ2) is 7.31. The zero-order valence-corrected chi connectivity index (χ0v) is 12.0. The van der Waals surface area contributed by atoms with Crippen molar-refractivity contribution < 1.29 is 14.5 Å². The molecule has 1 saturated heterocycles. The molecule has 0 aliphatic carbocycles. The molecule has 2 N–H and O–H groups in total. The van der Waals surface area contributed by atoms with Crippen LogP contribution in [0.4, 0.5) is 0 Å². The topological polar surface area (TPSA) is 18.1 Å². The summed E-state index contributed by atoms with van der Waals surface area (Å²) < 4.78 is 5.73. The van der Waals surface area contributed by atoms with Crippen LogP contribution in [0.3, 0.4) is 0 Å². The molecule has 3 heteroatoms. The molecule has 0 atom stereocenters. The van der Waals surface area contributed by atoms with Gasteiger partial charge in [-0.05, 0) is 19.1 Å². The molecule has 0 radical (unpaired) electrons. The van der Waals surface area contributed by atoms with Crippen LogP contribution in [0.1, 0.15) is 12.5 Å². The summed E-state index contributed by atoms with van der Waals surface area (Å²) in [6, 6.07) is 8.38. The minimum Gasteiger partial charge on any atom is -0.489 e. The fourth-order valence-corrected chi connectivity index (χ4v) is 2.70. The van der Waals surface area contributed by atoms with E-state index in [9.17, 15) is 0 Å². The number of piperazine rings is 1. The van der Waals surface area contributed by atoms with Gasteiger partial charge in [0.25, 0.3) is 0 Å². The van der Waals surface area contributed by atoms with Crippen molar-refractivity contribution in [2.24, 2.45) is 0 Å². The number of benzene rings is 1. The quantitative estimate of drug-likeness (QED) is 0.665. The third kappa shape index (κ3) is 4.08. The molecule has 0 bridgehead atoms. The zero-order valence-electron chi connectivity index (χ0n) is 12.0. The van der Waals surface area contributed by atoms with E-state index < -0.39 is 0 Å². The molecule has 1 aliphatic heterocycles. The summed E-state index contributed by atoms with van der Waals surface area (Å²) in [6.07, 6.45) is 1.80. The first-order valence-electron chi connectivity index (χ1n) is 7.32. The highest BCUT2D eigenvalue weighted by atomic mass is 16.5. The van der Waals surface area contributed by atoms with E-state index in [-0.39, 0.29) is 0 Å². The van der Waals surface area contributed by atoms with Gasteiger partial charge in [0.15, 0.2) is 0 Å². The Balaban J connectivity index is 1.93. The standard InChI is InChI=1S/C16H24N2O/c1-3-13-19-16-8-6-5-7-15(16)14-18-11-9-17(4-2)10-12-18/h3,5-8H,1,4,9-14H2,2H3/p+2. The van der Waals surface area contributed by atoms with E-state index in [1.165, 1.54) is 38.3 Å². The van der Waals surface area contributed by atoms with Gasteiger partial charge in [0.1, 0.15) is 45.1 Å². The van der Waals surface area contributed by atoms with E-state index in [1.807, 2.05) is 6.07 Å². The Labute approximate surface area is 116 Å². The minimum absolute atomic E-state index is 0.583. The molecule has 104 valence electrons. The summed E-state index contributed by atoms with van der Waals surface area (Å²) in [6.45, 7) is 14.0. The Morgan fingerprint density at radius 3 is 2.53 bits per heavy atom. The molecular weight excluding hydrogens is 236 g/mol. The molecule has 19 heavy (non-hydrogen) atoms. The molecular formula is C16H26N2O+2. The van der Waals surface area contributed by atoms with E-state index in [0.717, 1.165) is 12.3 Å².